The lowest BCUT2D eigenvalue weighted by Gasteiger charge is -2.12. The van der Waals surface area contributed by atoms with Gasteiger partial charge in [0.25, 0.3) is 0 Å². The Morgan fingerprint density at radius 2 is 1.89 bits per heavy atom. The van der Waals surface area contributed by atoms with Crippen molar-refractivity contribution < 1.29 is 0 Å². The molecule has 0 amide bonds. The zero-order valence-corrected chi connectivity index (χ0v) is 12.9. The lowest BCUT2D eigenvalue weighted by Crippen LogP contribution is -1.97. The highest BCUT2D eigenvalue weighted by Crippen LogP contribution is 2.28. The number of alkyl halides is 1. The van der Waals surface area contributed by atoms with Crippen molar-refractivity contribution in [2.45, 2.75) is 25.6 Å². The minimum atomic E-state index is 0.0265. The van der Waals surface area contributed by atoms with E-state index in [4.69, 9.17) is 11.6 Å². The number of hydrogen-bond acceptors (Lipinski definition) is 0. The van der Waals surface area contributed by atoms with E-state index in [0.717, 1.165) is 10.9 Å². The second-order valence-corrected chi connectivity index (χ2v) is 6.05. The lowest BCUT2D eigenvalue weighted by molar-refractivity contribution is 0.916. The van der Waals surface area contributed by atoms with E-state index >= 15 is 0 Å². The molecule has 0 heterocycles. The highest BCUT2D eigenvalue weighted by atomic mass is 79.9. The van der Waals surface area contributed by atoms with E-state index in [2.05, 4.69) is 72.2 Å². The first-order chi connectivity index (χ1) is 8.56. The standard InChI is InChI=1S/C16H16BrCl/c1-11-4-3-5-13(8-11)10-16(18)14-6-7-15(17)12(2)9-14/h3-9,16H,10H2,1-2H3. The van der Waals surface area contributed by atoms with Crippen molar-refractivity contribution >= 4 is 27.5 Å². The molecule has 1 atom stereocenters. The normalized spacial score (nSPS) is 12.4. The van der Waals surface area contributed by atoms with Gasteiger partial charge in [-0.15, -0.1) is 11.6 Å². The van der Waals surface area contributed by atoms with E-state index in [1.54, 1.807) is 0 Å². The van der Waals surface area contributed by atoms with E-state index in [1.165, 1.54) is 22.3 Å². The Morgan fingerprint density at radius 3 is 2.56 bits per heavy atom. The Bertz CT molecular complexity index is 549. The fraction of sp³-hybridized carbons (Fsp3) is 0.250. The van der Waals surface area contributed by atoms with Crippen LogP contribution in [-0.4, -0.2) is 0 Å². The van der Waals surface area contributed by atoms with Gasteiger partial charge in [0.05, 0.1) is 5.38 Å². The van der Waals surface area contributed by atoms with Crippen LogP contribution in [0.25, 0.3) is 0 Å². The summed E-state index contributed by atoms with van der Waals surface area (Å²) in [6, 6.07) is 14.8. The number of aryl methyl sites for hydroxylation is 2. The predicted molar refractivity (Wildman–Crippen MR) is 82.4 cm³/mol. The SMILES string of the molecule is Cc1cccc(CC(Cl)c2ccc(Br)c(C)c2)c1. The first kappa shape index (κ1) is 13.6. The van der Waals surface area contributed by atoms with Crippen LogP contribution in [0.2, 0.25) is 0 Å². The smallest absolute Gasteiger partial charge is 0.0625 e. The number of rotatable bonds is 3. The van der Waals surface area contributed by atoms with Crippen molar-refractivity contribution in [2.24, 2.45) is 0 Å². The lowest BCUT2D eigenvalue weighted by atomic mass is 10.0. The molecule has 0 nitrogen and oxygen atoms in total. The summed E-state index contributed by atoms with van der Waals surface area (Å²) in [4.78, 5) is 0. The van der Waals surface area contributed by atoms with Crippen LogP contribution < -0.4 is 0 Å². The van der Waals surface area contributed by atoms with Gasteiger partial charge in [-0.2, -0.15) is 0 Å². The molecule has 0 saturated carbocycles. The Hall–Kier alpha value is -0.790. The Balaban J connectivity index is 2.16. The minimum Gasteiger partial charge on any atom is -0.117 e. The van der Waals surface area contributed by atoms with Crippen molar-refractivity contribution in [1.29, 1.82) is 0 Å². The number of hydrogen-bond donors (Lipinski definition) is 0. The molecule has 2 heteroatoms. The van der Waals surface area contributed by atoms with Gasteiger partial charge >= 0.3 is 0 Å². The van der Waals surface area contributed by atoms with Crippen LogP contribution in [0, 0.1) is 13.8 Å². The van der Waals surface area contributed by atoms with Crippen molar-refractivity contribution in [3.63, 3.8) is 0 Å². The minimum absolute atomic E-state index is 0.0265. The molecule has 0 N–H and O–H groups in total. The predicted octanol–water partition coefficient (Wildman–Crippen LogP) is 5.59. The van der Waals surface area contributed by atoms with Crippen molar-refractivity contribution in [3.05, 3.63) is 69.2 Å². The van der Waals surface area contributed by atoms with Gasteiger partial charge in [0.2, 0.25) is 0 Å². The molecule has 2 rings (SSSR count). The van der Waals surface area contributed by atoms with Crippen molar-refractivity contribution in [2.75, 3.05) is 0 Å². The molecule has 2 aromatic rings. The molecule has 18 heavy (non-hydrogen) atoms. The molecule has 0 spiro atoms. The fourth-order valence-electron chi connectivity index (χ4n) is 2.03. The van der Waals surface area contributed by atoms with Crippen LogP contribution in [0.5, 0.6) is 0 Å². The topological polar surface area (TPSA) is 0 Å². The van der Waals surface area contributed by atoms with E-state index in [0.29, 0.717) is 0 Å². The molecular weight excluding hydrogens is 308 g/mol. The van der Waals surface area contributed by atoms with Gasteiger partial charge in [-0.25, -0.2) is 0 Å². The molecule has 0 saturated heterocycles. The molecule has 94 valence electrons. The highest BCUT2D eigenvalue weighted by molar-refractivity contribution is 9.10. The van der Waals surface area contributed by atoms with Crippen LogP contribution in [0.15, 0.2) is 46.9 Å². The Labute approximate surface area is 122 Å². The number of halogens is 2. The van der Waals surface area contributed by atoms with Gasteiger partial charge in [0.1, 0.15) is 0 Å². The van der Waals surface area contributed by atoms with Gasteiger partial charge in [0.15, 0.2) is 0 Å². The van der Waals surface area contributed by atoms with Gasteiger partial charge in [-0.05, 0) is 43.0 Å². The van der Waals surface area contributed by atoms with Gasteiger partial charge in [0, 0.05) is 4.47 Å². The van der Waals surface area contributed by atoms with Crippen molar-refractivity contribution in [1.82, 2.24) is 0 Å². The summed E-state index contributed by atoms with van der Waals surface area (Å²) >= 11 is 10.0. The third-order valence-corrected chi connectivity index (χ3v) is 4.34. The van der Waals surface area contributed by atoms with E-state index < -0.39 is 0 Å². The summed E-state index contributed by atoms with van der Waals surface area (Å²) in [6.07, 6.45) is 0.865. The molecule has 2 aromatic carbocycles. The van der Waals surface area contributed by atoms with E-state index in [1.807, 2.05) is 0 Å². The van der Waals surface area contributed by atoms with Crippen LogP contribution in [0.3, 0.4) is 0 Å². The monoisotopic (exact) mass is 322 g/mol. The summed E-state index contributed by atoms with van der Waals surface area (Å²) < 4.78 is 1.13. The Kier molecular flexibility index (Phi) is 4.47. The molecule has 0 aliphatic rings. The third-order valence-electron chi connectivity index (χ3n) is 3.04. The quantitative estimate of drug-likeness (QED) is 0.646. The summed E-state index contributed by atoms with van der Waals surface area (Å²) in [7, 11) is 0. The van der Waals surface area contributed by atoms with Gasteiger partial charge in [-0.3, -0.25) is 0 Å². The second-order valence-electron chi connectivity index (χ2n) is 4.67. The largest absolute Gasteiger partial charge is 0.117 e. The average Bonchev–Trinajstić information content (AvgIpc) is 2.32. The number of benzene rings is 2. The molecule has 0 bridgehead atoms. The maximum Gasteiger partial charge on any atom is 0.0625 e. The molecule has 0 aliphatic carbocycles. The van der Waals surface area contributed by atoms with E-state index in [-0.39, 0.29) is 5.38 Å². The maximum absolute atomic E-state index is 6.50. The van der Waals surface area contributed by atoms with Gasteiger partial charge < -0.3 is 0 Å². The second kappa shape index (κ2) is 5.90. The molecule has 0 radical (unpaired) electrons. The van der Waals surface area contributed by atoms with Crippen LogP contribution >= 0.6 is 27.5 Å². The first-order valence-electron chi connectivity index (χ1n) is 6.02. The molecule has 1 unspecified atom stereocenters. The van der Waals surface area contributed by atoms with Crippen molar-refractivity contribution in [3.8, 4) is 0 Å². The Morgan fingerprint density at radius 1 is 1.11 bits per heavy atom. The average molecular weight is 324 g/mol. The van der Waals surface area contributed by atoms with Gasteiger partial charge in [-0.1, -0.05) is 57.9 Å². The molecule has 0 fully saturated rings. The molecule has 0 aromatic heterocycles. The zero-order chi connectivity index (χ0) is 13.1. The van der Waals surface area contributed by atoms with Crippen LogP contribution in [0.4, 0.5) is 0 Å². The summed E-state index contributed by atoms with van der Waals surface area (Å²) in [5.74, 6) is 0. The summed E-state index contributed by atoms with van der Waals surface area (Å²) in [5.41, 5.74) is 4.97. The molecule has 0 aliphatic heterocycles. The summed E-state index contributed by atoms with van der Waals surface area (Å²) in [6.45, 7) is 4.19. The van der Waals surface area contributed by atoms with Crippen LogP contribution in [0.1, 0.15) is 27.6 Å². The fourth-order valence-corrected chi connectivity index (χ4v) is 2.59. The zero-order valence-electron chi connectivity index (χ0n) is 10.6. The van der Waals surface area contributed by atoms with Crippen LogP contribution in [-0.2, 0) is 6.42 Å². The maximum atomic E-state index is 6.50. The summed E-state index contributed by atoms with van der Waals surface area (Å²) in [5, 5.41) is 0.0265. The first-order valence-corrected chi connectivity index (χ1v) is 7.25. The highest BCUT2D eigenvalue weighted by Gasteiger charge is 2.10. The molecular formula is C16H16BrCl. The third kappa shape index (κ3) is 3.37. The van der Waals surface area contributed by atoms with E-state index in [9.17, 15) is 0 Å².